The molecule has 78 valence electrons. The van der Waals surface area contributed by atoms with Gasteiger partial charge in [0.15, 0.2) is 0 Å². The number of hydrogen-bond acceptors (Lipinski definition) is 1. The fourth-order valence-corrected chi connectivity index (χ4v) is 1.77. The molecule has 1 nitrogen and oxygen atoms in total. The van der Waals surface area contributed by atoms with Crippen molar-refractivity contribution < 1.29 is 0 Å². The summed E-state index contributed by atoms with van der Waals surface area (Å²) in [5.41, 5.74) is 1.36. The van der Waals surface area contributed by atoms with Gasteiger partial charge in [-0.05, 0) is 32.0 Å². The highest BCUT2D eigenvalue weighted by atomic mass is 79.9. The van der Waals surface area contributed by atoms with Crippen LogP contribution in [0.15, 0.2) is 28.7 Å². The van der Waals surface area contributed by atoms with E-state index in [1.807, 2.05) is 0 Å². The molecule has 0 N–H and O–H groups in total. The van der Waals surface area contributed by atoms with Crippen LogP contribution in [0.2, 0.25) is 0 Å². The summed E-state index contributed by atoms with van der Waals surface area (Å²) in [4.78, 5) is 2.38. The van der Waals surface area contributed by atoms with Crippen LogP contribution < -0.4 is 0 Å². The van der Waals surface area contributed by atoms with E-state index in [-0.39, 0.29) is 0 Å². The van der Waals surface area contributed by atoms with Gasteiger partial charge in [-0.15, -0.1) is 0 Å². The second kappa shape index (κ2) is 5.52. The normalized spacial score (nSPS) is 13.2. The zero-order chi connectivity index (χ0) is 10.6. The minimum Gasteiger partial charge on any atom is -0.299 e. The zero-order valence-corrected chi connectivity index (χ0v) is 10.7. The molecule has 0 aliphatic rings. The highest BCUT2D eigenvalue weighted by Gasteiger charge is 2.08. The Labute approximate surface area is 95.2 Å². The lowest BCUT2D eigenvalue weighted by Gasteiger charge is -2.23. The summed E-state index contributed by atoms with van der Waals surface area (Å²) < 4.78 is 1.20. The molecule has 0 aliphatic carbocycles. The van der Waals surface area contributed by atoms with Gasteiger partial charge in [0, 0.05) is 17.1 Å². The molecular formula is C12H18BrN. The molecule has 0 spiro atoms. The summed E-state index contributed by atoms with van der Waals surface area (Å²) in [5.74, 6) is 0. The van der Waals surface area contributed by atoms with Crippen molar-refractivity contribution in [3.63, 3.8) is 0 Å². The van der Waals surface area contributed by atoms with Crippen molar-refractivity contribution >= 4 is 15.9 Å². The highest BCUT2D eigenvalue weighted by molar-refractivity contribution is 9.10. The van der Waals surface area contributed by atoms with E-state index in [1.54, 1.807) is 0 Å². The standard InChI is InChI=1S/C12H18BrN/c1-4-10(2)14(3)9-11-7-5-6-8-12(11)13/h5-8,10H,4,9H2,1-3H3/t10-/m0/s1. The number of hydrogen-bond donors (Lipinski definition) is 0. The van der Waals surface area contributed by atoms with Crippen LogP contribution in [-0.4, -0.2) is 18.0 Å². The predicted octanol–water partition coefficient (Wildman–Crippen LogP) is 3.68. The van der Waals surface area contributed by atoms with E-state index in [0.717, 1.165) is 6.54 Å². The lowest BCUT2D eigenvalue weighted by Crippen LogP contribution is -2.27. The lowest BCUT2D eigenvalue weighted by atomic mass is 10.1. The average molecular weight is 256 g/mol. The first-order chi connectivity index (χ1) is 6.65. The van der Waals surface area contributed by atoms with E-state index < -0.39 is 0 Å². The molecular weight excluding hydrogens is 238 g/mol. The maximum absolute atomic E-state index is 3.57. The maximum atomic E-state index is 3.57. The van der Waals surface area contributed by atoms with E-state index in [4.69, 9.17) is 0 Å². The third kappa shape index (κ3) is 3.10. The van der Waals surface area contributed by atoms with Crippen molar-refractivity contribution in [2.75, 3.05) is 7.05 Å². The quantitative estimate of drug-likeness (QED) is 0.794. The summed E-state index contributed by atoms with van der Waals surface area (Å²) in [6.45, 7) is 5.49. The third-order valence-corrected chi connectivity index (χ3v) is 3.49. The third-order valence-electron chi connectivity index (χ3n) is 2.72. The topological polar surface area (TPSA) is 3.24 Å². The maximum Gasteiger partial charge on any atom is 0.0244 e. The number of rotatable bonds is 4. The van der Waals surface area contributed by atoms with Crippen LogP contribution in [0.1, 0.15) is 25.8 Å². The summed E-state index contributed by atoms with van der Waals surface area (Å²) in [6.07, 6.45) is 1.20. The minimum absolute atomic E-state index is 0.641. The molecule has 14 heavy (non-hydrogen) atoms. The van der Waals surface area contributed by atoms with Gasteiger partial charge in [0.05, 0.1) is 0 Å². The highest BCUT2D eigenvalue weighted by Crippen LogP contribution is 2.18. The summed E-state index contributed by atoms with van der Waals surface area (Å²) in [5, 5.41) is 0. The number of nitrogens with zero attached hydrogens (tertiary/aromatic N) is 1. The summed E-state index contributed by atoms with van der Waals surface area (Å²) >= 11 is 3.57. The first-order valence-electron chi connectivity index (χ1n) is 5.08. The van der Waals surface area contributed by atoms with E-state index in [9.17, 15) is 0 Å². The van der Waals surface area contributed by atoms with Crippen molar-refractivity contribution in [1.82, 2.24) is 4.90 Å². The van der Waals surface area contributed by atoms with Crippen LogP contribution in [0.3, 0.4) is 0 Å². The van der Waals surface area contributed by atoms with Gasteiger partial charge in [-0.2, -0.15) is 0 Å². The van der Waals surface area contributed by atoms with Crippen LogP contribution in [0.4, 0.5) is 0 Å². The monoisotopic (exact) mass is 255 g/mol. The van der Waals surface area contributed by atoms with Crippen LogP contribution >= 0.6 is 15.9 Å². The number of halogens is 1. The Morgan fingerprint density at radius 1 is 1.36 bits per heavy atom. The summed E-state index contributed by atoms with van der Waals surface area (Å²) in [7, 11) is 2.17. The molecule has 0 heterocycles. The lowest BCUT2D eigenvalue weighted by molar-refractivity contribution is 0.243. The molecule has 0 fully saturated rings. The van der Waals surface area contributed by atoms with E-state index in [2.05, 4.69) is 66.0 Å². The molecule has 0 saturated carbocycles. The molecule has 1 aromatic carbocycles. The fourth-order valence-electron chi connectivity index (χ4n) is 1.36. The molecule has 0 amide bonds. The van der Waals surface area contributed by atoms with Crippen molar-refractivity contribution in [2.24, 2.45) is 0 Å². The van der Waals surface area contributed by atoms with Gasteiger partial charge in [0.1, 0.15) is 0 Å². The largest absolute Gasteiger partial charge is 0.299 e. The Hall–Kier alpha value is -0.340. The van der Waals surface area contributed by atoms with Crippen molar-refractivity contribution in [1.29, 1.82) is 0 Å². The Bertz CT molecular complexity index is 285. The van der Waals surface area contributed by atoms with Crippen LogP contribution in [0.25, 0.3) is 0 Å². The predicted molar refractivity (Wildman–Crippen MR) is 65.4 cm³/mol. The first-order valence-corrected chi connectivity index (χ1v) is 5.88. The van der Waals surface area contributed by atoms with Gasteiger partial charge in [-0.25, -0.2) is 0 Å². The fraction of sp³-hybridized carbons (Fsp3) is 0.500. The molecule has 0 unspecified atom stereocenters. The van der Waals surface area contributed by atoms with Gasteiger partial charge < -0.3 is 0 Å². The van der Waals surface area contributed by atoms with Crippen LogP contribution in [0, 0.1) is 0 Å². The molecule has 0 aliphatic heterocycles. The van der Waals surface area contributed by atoms with Crippen molar-refractivity contribution in [3.8, 4) is 0 Å². The Kier molecular flexibility index (Phi) is 4.63. The van der Waals surface area contributed by atoms with Crippen LogP contribution in [-0.2, 0) is 6.54 Å². The molecule has 0 saturated heterocycles. The van der Waals surface area contributed by atoms with E-state index in [1.165, 1.54) is 16.5 Å². The SMILES string of the molecule is CC[C@H](C)N(C)Cc1ccccc1Br. The molecule has 0 bridgehead atoms. The average Bonchev–Trinajstić information content (AvgIpc) is 2.20. The van der Waals surface area contributed by atoms with E-state index in [0.29, 0.717) is 6.04 Å². The smallest absolute Gasteiger partial charge is 0.0244 e. The Balaban J connectivity index is 2.64. The minimum atomic E-state index is 0.641. The molecule has 1 rings (SSSR count). The van der Waals surface area contributed by atoms with Gasteiger partial charge >= 0.3 is 0 Å². The first kappa shape index (κ1) is 11.7. The molecule has 1 atom stereocenters. The van der Waals surface area contributed by atoms with E-state index >= 15 is 0 Å². The summed E-state index contributed by atoms with van der Waals surface area (Å²) in [6, 6.07) is 9.05. The number of benzene rings is 1. The van der Waals surface area contributed by atoms with Gasteiger partial charge in [0.25, 0.3) is 0 Å². The Morgan fingerprint density at radius 2 is 2.00 bits per heavy atom. The second-order valence-corrected chi connectivity index (χ2v) is 4.62. The second-order valence-electron chi connectivity index (χ2n) is 3.76. The van der Waals surface area contributed by atoms with Crippen molar-refractivity contribution in [2.45, 2.75) is 32.9 Å². The van der Waals surface area contributed by atoms with Gasteiger partial charge in [-0.1, -0.05) is 41.1 Å². The van der Waals surface area contributed by atoms with Gasteiger partial charge in [0.2, 0.25) is 0 Å². The zero-order valence-electron chi connectivity index (χ0n) is 9.13. The molecule has 2 heteroatoms. The van der Waals surface area contributed by atoms with Crippen molar-refractivity contribution in [3.05, 3.63) is 34.3 Å². The molecule has 1 aromatic rings. The molecule has 0 radical (unpaired) electrons. The molecule has 0 aromatic heterocycles. The van der Waals surface area contributed by atoms with Gasteiger partial charge in [-0.3, -0.25) is 4.90 Å². The Morgan fingerprint density at radius 3 is 2.57 bits per heavy atom. The van der Waals surface area contributed by atoms with Crippen LogP contribution in [0.5, 0.6) is 0 Å².